The second-order valence-corrected chi connectivity index (χ2v) is 5.47. The molecule has 0 fully saturated rings. The van der Waals surface area contributed by atoms with Crippen molar-refractivity contribution in [1.82, 2.24) is 10.6 Å². The van der Waals surface area contributed by atoms with E-state index in [0.717, 1.165) is 19.3 Å². The van der Waals surface area contributed by atoms with Crippen molar-refractivity contribution in [2.45, 2.75) is 31.8 Å². The highest BCUT2D eigenvalue weighted by Crippen LogP contribution is 2.25. The summed E-state index contributed by atoms with van der Waals surface area (Å²) < 4.78 is 13.5. The van der Waals surface area contributed by atoms with Gasteiger partial charge in [-0.05, 0) is 25.3 Å². The standard InChI is InChI=1S/C17H17FN2O2/c18-14-7-3-1-5-11(14)9-20-17(22)13-10-19-15-8-4-2-6-12(15)16(13)21/h1,3,5-7,10,15,19H,2,4,8-9H2,(H,20,22). The monoisotopic (exact) mass is 300 g/mol. The number of halogens is 1. The maximum absolute atomic E-state index is 13.5. The number of hydrogen-bond acceptors (Lipinski definition) is 3. The highest BCUT2D eigenvalue weighted by atomic mass is 19.1. The summed E-state index contributed by atoms with van der Waals surface area (Å²) in [5.74, 6) is -1.08. The largest absolute Gasteiger partial charge is 0.383 e. The molecule has 5 heteroatoms. The summed E-state index contributed by atoms with van der Waals surface area (Å²) >= 11 is 0. The van der Waals surface area contributed by atoms with Crippen molar-refractivity contribution in [3.8, 4) is 0 Å². The first-order valence-corrected chi connectivity index (χ1v) is 7.39. The number of allylic oxidation sites excluding steroid dienone is 1. The molecule has 1 atom stereocenters. The molecule has 0 saturated heterocycles. The topological polar surface area (TPSA) is 58.2 Å². The Kier molecular flexibility index (Phi) is 4.04. The Morgan fingerprint density at radius 3 is 3.00 bits per heavy atom. The first-order chi connectivity index (χ1) is 10.7. The van der Waals surface area contributed by atoms with Crippen LogP contribution in [0.1, 0.15) is 24.8 Å². The zero-order valence-electron chi connectivity index (χ0n) is 12.1. The fourth-order valence-corrected chi connectivity index (χ4v) is 2.79. The number of ketones is 1. The molecule has 1 aliphatic carbocycles. The fourth-order valence-electron chi connectivity index (χ4n) is 2.79. The van der Waals surface area contributed by atoms with Crippen LogP contribution in [0.15, 0.2) is 47.7 Å². The molecule has 0 saturated carbocycles. The number of fused-ring (bicyclic) bond motifs is 1. The molecule has 1 aromatic rings. The second kappa shape index (κ2) is 6.13. The van der Waals surface area contributed by atoms with Gasteiger partial charge in [-0.2, -0.15) is 0 Å². The van der Waals surface area contributed by atoms with E-state index in [1.54, 1.807) is 18.2 Å². The van der Waals surface area contributed by atoms with Gasteiger partial charge in [0.15, 0.2) is 5.78 Å². The third-order valence-electron chi connectivity index (χ3n) is 4.01. The molecular formula is C17H17FN2O2. The van der Waals surface area contributed by atoms with Crippen LogP contribution in [0, 0.1) is 5.82 Å². The average molecular weight is 300 g/mol. The Balaban J connectivity index is 1.69. The third-order valence-corrected chi connectivity index (χ3v) is 4.01. The lowest BCUT2D eigenvalue weighted by Crippen LogP contribution is -2.41. The molecule has 1 amide bonds. The van der Waals surface area contributed by atoms with Crippen LogP contribution >= 0.6 is 0 Å². The highest BCUT2D eigenvalue weighted by molar-refractivity contribution is 6.26. The normalized spacial score (nSPS) is 20.4. The van der Waals surface area contributed by atoms with Gasteiger partial charge in [-0.25, -0.2) is 4.39 Å². The van der Waals surface area contributed by atoms with Gasteiger partial charge in [0.1, 0.15) is 11.4 Å². The SMILES string of the molecule is O=C(NCc1ccccc1F)C1=CNC2CCCC=C2C1=O. The lowest BCUT2D eigenvalue weighted by atomic mass is 9.86. The lowest BCUT2D eigenvalue weighted by Gasteiger charge is -2.28. The van der Waals surface area contributed by atoms with Crippen LogP contribution in [-0.4, -0.2) is 17.7 Å². The number of nitrogens with one attached hydrogen (secondary N) is 2. The predicted molar refractivity (Wildman–Crippen MR) is 80.2 cm³/mol. The van der Waals surface area contributed by atoms with E-state index in [2.05, 4.69) is 10.6 Å². The van der Waals surface area contributed by atoms with E-state index >= 15 is 0 Å². The third kappa shape index (κ3) is 2.79. The molecule has 0 aromatic heterocycles. The molecule has 2 N–H and O–H groups in total. The second-order valence-electron chi connectivity index (χ2n) is 5.47. The van der Waals surface area contributed by atoms with Crippen LogP contribution in [0.25, 0.3) is 0 Å². The Bertz CT molecular complexity index is 679. The van der Waals surface area contributed by atoms with E-state index in [1.807, 2.05) is 6.08 Å². The van der Waals surface area contributed by atoms with E-state index in [0.29, 0.717) is 11.1 Å². The van der Waals surface area contributed by atoms with Gasteiger partial charge in [-0.1, -0.05) is 24.3 Å². The first-order valence-electron chi connectivity index (χ1n) is 7.39. The lowest BCUT2D eigenvalue weighted by molar-refractivity contribution is -0.121. The van der Waals surface area contributed by atoms with Crippen molar-refractivity contribution < 1.29 is 14.0 Å². The minimum atomic E-state index is -0.481. The summed E-state index contributed by atoms with van der Waals surface area (Å²) in [5.41, 5.74) is 1.15. The van der Waals surface area contributed by atoms with Crippen molar-refractivity contribution in [3.05, 3.63) is 59.1 Å². The van der Waals surface area contributed by atoms with Crippen LogP contribution in [-0.2, 0) is 16.1 Å². The van der Waals surface area contributed by atoms with Gasteiger partial charge in [0.25, 0.3) is 5.91 Å². The van der Waals surface area contributed by atoms with Gasteiger partial charge in [-0.15, -0.1) is 0 Å². The number of benzene rings is 1. The van der Waals surface area contributed by atoms with Gasteiger partial charge in [-0.3, -0.25) is 9.59 Å². The fraction of sp³-hybridized carbons (Fsp3) is 0.294. The zero-order valence-corrected chi connectivity index (χ0v) is 12.1. The summed E-state index contributed by atoms with van der Waals surface area (Å²) in [6, 6.07) is 6.25. The number of hydrogen-bond donors (Lipinski definition) is 2. The van der Waals surface area contributed by atoms with Gasteiger partial charge in [0.05, 0.1) is 6.04 Å². The Labute approximate surface area is 128 Å². The highest BCUT2D eigenvalue weighted by Gasteiger charge is 2.31. The molecule has 114 valence electrons. The van der Waals surface area contributed by atoms with Crippen molar-refractivity contribution in [2.24, 2.45) is 0 Å². The molecule has 22 heavy (non-hydrogen) atoms. The molecule has 0 bridgehead atoms. The maximum atomic E-state index is 13.5. The molecule has 1 aliphatic heterocycles. The molecule has 1 heterocycles. The van der Waals surface area contributed by atoms with Crippen molar-refractivity contribution in [2.75, 3.05) is 0 Å². The van der Waals surface area contributed by atoms with Gasteiger partial charge >= 0.3 is 0 Å². The molecule has 1 unspecified atom stereocenters. The summed E-state index contributed by atoms with van der Waals surface area (Å²) in [6.45, 7) is 0.0542. The van der Waals surface area contributed by atoms with Crippen molar-refractivity contribution in [1.29, 1.82) is 0 Å². The summed E-state index contributed by atoms with van der Waals surface area (Å²) in [4.78, 5) is 24.5. The maximum Gasteiger partial charge on any atom is 0.257 e. The molecule has 0 spiro atoms. The number of carbonyl (C=O) groups excluding carboxylic acids is 2. The number of Topliss-reactive ketones (excluding diaryl/α,β-unsaturated/α-hetero) is 1. The molecule has 3 rings (SSSR count). The molecule has 2 aliphatic rings. The number of carbonyl (C=O) groups is 2. The van der Waals surface area contributed by atoms with Crippen LogP contribution in [0.2, 0.25) is 0 Å². The molecule has 1 aromatic carbocycles. The summed E-state index contributed by atoms with van der Waals surface area (Å²) in [7, 11) is 0. The zero-order chi connectivity index (χ0) is 15.5. The summed E-state index contributed by atoms with van der Waals surface area (Å²) in [5, 5.41) is 5.71. The van der Waals surface area contributed by atoms with E-state index in [1.165, 1.54) is 12.3 Å². The quantitative estimate of drug-likeness (QED) is 0.839. The summed E-state index contributed by atoms with van der Waals surface area (Å²) in [6.07, 6.45) is 6.19. The Hall–Kier alpha value is -2.43. The first kappa shape index (κ1) is 14.5. The van der Waals surface area contributed by atoms with Gasteiger partial charge in [0, 0.05) is 23.9 Å². The van der Waals surface area contributed by atoms with Gasteiger partial charge in [0.2, 0.25) is 0 Å². The van der Waals surface area contributed by atoms with Crippen molar-refractivity contribution in [3.63, 3.8) is 0 Å². The van der Waals surface area contributed by atoms with Crippen LogP contribution in [0.4, 0.5) is 4.39 Å². The smallest absolute Gasteiger partial charge is 0.257 e. The molecule has 4 nitrogen and oxygen atoms in total. The molecule has 0 radical (unpaired) electrons. The van der Waals surface area contributed by atoms with Gasteiger partial charge < -0.3 is 10.6 Å². The van der Waals surface area contributed by atoms with E-state index in [9.17, 15) is 14.0 Å². The van der Waals surface area contributed by atoms with Crippen molar-refractivity contribution >= 4 is 11.7 Å². The van der Waals surface area contributed by atoms with E-state index < -0.39 is 5.91 Å². The average Bonchev–Trinajstić information content (AvgIpc) is 2.54. The predicted octanol–water partition coefficient (Wildman–Crippen LogP) is 1.98. The minimum Gasteiger partial charge on any atom is -0.383 e. The minimum absolute atomic E-state index is 0.0179. The van der Waals surface area contributed by atoms with Crippen LogP contribution in [0.3, 0.4) is 0 Å². The number of amides is 1. The molecular weight excluding hydrogens is 283 g/mol. The van der Waals surface area contributed by atoms with E-state index in [4.69, 9.17) is 0 Å². The number of rotatable bonds is 3. The van der Waals surface area contributed by atoms with Crippen LogP contribution < -0.4 is 10.6 Å². The van der Waals surface area contributed by atoms with Crippen LogP contribution in [0.5, 0.6) is 0 Å². The Morgan fingerprint density at radius 2 is 2.18 bits per heavy atom. The Morgan fingerprint density at radius 1 is 1.36 bits per heavy atom. The van der Waals surface area contributed by atoms with E-state index in [-0.39, 0.29) is 29.8 Å².